The maximum absolute atomic E-state index is 13.5. The van der Waals surface area contributed by atoms with E-state index in [0.717, 1.165) is 37.0 Å². The highest BCUT2D eigenvalue weighted by molar-refractivity contribution is 7.89. The highest BCUT2D eigenvalue weighted by atomic mass is 32.2. The maximum atomic E-state index is 13.5. The second-order valence-corrected chi connectivity index (χ2v) is 11.7. The molecule has 1 aromatic rings. The molecule has 30 heavy (non-hydrogen) atoms. The van der Waals surface area contributed by atoms with Crippen molar-refractivity contribution in [1.29, 1.82) is 0 Å². The molecule has 4 saturated carbocycles. The van der Waals surface area contributed by atoms with Crippen LogP contribution in [0.3, 0.4) is 0 Å². The molecule has 0 unspecified atom stereocenters. The van der Waals surface area contributed by atoms with E-state index >= 15 is 0 Å². The number of benzene rings is 1. The van der Waals surface area contributed by atoms with Crippen LogP contribution in [0, 0.1) is 23.2 Å². The number of hydrogen-bond donors (Lipinski definition) is 0. The van der Waals surface area contributed by atoms with Gasteiger partial charge in [-0.25, -0.2) is 8.42 Å². The number of sulfonamides is 1. The zero-order valence-corrected chi connectivity index (χ0v) is 18.6. The standard InChI is InChI=1S/C23H32N2O4S/c1-2-29-20-3-5-21(6-4-20)30(27,28)25-9-7-24(8-10-25)22(26)23-14-17-11-18(15-23)13-19(12-17)16-23/h3-6,17-19H,2,7-16H2,1H3. The lowest BCUT2D eigenvalue weighted by Crippen LogP contribution is -2.58. The van der Waals surface area contributed by atoms with Crippen LogP contribution in [0.5, 0.6) is 5.75 Å². The summed E-state index contributed by atoms with van der Waals surface area (Å²) in [6, 6.07) is 6.60. The number of nitrogens with zero attached hydrogens (tertiary/aromatic N) is 2. The number of carbonyl (C=O) groups excluding carboxylic acids is 1. The van der Waals surface area contributed by atoms with Gasteiger partial charge < -0.3 is 9.64 Å². The van der Waals surface area contributed by atoms with E-state index in [2.05, 4.69) is 0 Å². The molecule has 1 amide bonds. The molecule has 1 aliphatic heterocycles. The van der Waals surface area contributed by atoms with Gasteiger partial charge in [-0.2, -0.15) is 4.31 Å². The summed E-state index contributed by atoms with van der Waals surface area (Å²) in [6.07, 6.45) is 7.13. The molecule has 0 radical (unpaired) electrons. The smallest absolute Gasteiger partial charge is 0.243 e. The van der Waals surface area contributed by atoms with Gasteiger partial charge >= 0.3 is 0 Å². The van der Waals surface area contributed by atoms with E-state index in [1.165, 1.54) is 23.6 Å². The largest absolute Gasteiger partial charge is 0.494 e. The highest BCUT2D eigenvalue weighted by Crippen LogP contribution is 2.60. The molecule has 7 heteroatoms. The normalized spacial score (nSPS) is 33.6. The predicted octanol–water partition coefficient (Wildman–Crippen LogP) is 3.13. The van der Waals surface area contributed by atoms with Crippen molar-refractivity contribution >= 4 is 15.9 Å². The fraction of sp³-hybridized carbons (Fsp3) is 0.696. The zero-order chi connectivity index (χ0) is 20.9. The first kappa shape index (κ1) is 20.3. The van der Waals surface area contributed by atoms with Crippen molar-refractivity contribution in [2.45, 2.75) is 50.3 Å². The van der Waals surface area contributed by atoms with Crippen molar-refractivity contribution in [2.24, 2.45) is 23.2 Å². The van der Waals surface area contributed by atoms with Crippen molar-refractivity contribution in [3.63, 3.8) is 0 Å². The summed E-state index contributed by atoms with van der Waals surface area (Å²) >= 11 is 0. The van der Waals surface area contributed by atoms with Gasteiger partial charge in [-0.15, -0.1) is 0 Å². The lowest BCUT2D eigenvalue weighted by molar-refractivity contribution is -0.158. The number of ether oxygens (including phenoxy) is 1. The van der Waals surface area contributed by atoms with E-state index in [9.17, 15) is 13.2 Å². The Hall–Kier alpha value is -1.60. The van der Waals surface area contributed by atoms with E-state index in [1.807, 2.05) is 11.8 Å². The van der Waals surface area contributed by atoms with Crippen LogP contribution in [0.1, 0.15) is 45.4 Å². The summed E-state index contributed by atoms with van der Waals surface area (Å²) in [5.74, 6) is 3.19. The minimum Gasteiger partial charge on any atom is -0.494 e. The molecule has 1 saturated heterocycles. The number of carbonyl (C=O) groups is 1. The molecular formula is C23H32N2O4S. The van der Waals surface area contributed by atoms with Gasteiger partial charge in [0.25, 0.3) is 0 Å². The Morgan fingerprint density at radius 3 is 2.00 bits per heavy atom. The molecule has 6 nitrogen and oxygen atoms in total. The number of amides is 1. The van der Waals surface area contributed by atoms with E-state index in [0.29, 0.717) is 44.4 Å². The molecule has 6 rings (SSSR count). The summed E-state index contributed by atoms with van der Waals surface area (Å²) in [7, 11) is -3.55. The molecule has 0 spiro atoms. The first-order chi connectivity index (χ1) is 14.4. The summed E-state index contributed by atoms with van der Waals surface area (Å²) in [5.41, 5.74) is -0.148. The molecule has 4 aliphatic carbocycles. The first-order valence-corrected chi connectivity index (χ1v) is 12.9. The van der Waals surface area contributed by atoms with Gasteiger partial charge in [-0.1, -0.05) is 0 Å². The summed E-state index contributed by atoms with van der Waals surface area (Å²) < 4.78 is 33.0. The van der Waals surface area contributed by atoms with Crippen molar-refractivity contribution in [3.05, 3.63) is 24.3 Å². The Labute approximate surface area is 179 Å². The highest BCUT2D eigenvalue weighted by Gasteiger charge is 2.55. The summed E-state index contributed by atoms with van der Waals surface area (Å²) in [4.78, 5) is 15.8. The lowest BCUT2D eigenvalue weighted by Gasteiger charge is -2.57. The third-order valence-electron chi connectivity index (χ3n) is 7.79. The molecule has 1 aromatic carbocycles. The van der Waals surface area contributed by atoms with Crippen LogP contribution in [0.25, 0.3) is 0 Å². The minimum atomic E-state index is -3.55. The first-order valence-electron chi connectivity index (χ1n) is 11.4. The second-order valence-electron chi connectivity index (χ2n) is 9.80. The van der Waals surface area contributed by atoms with E-state index < -0.39 is 10.0 Å². The third-order valence-corrected chi connectivity index (χ3v) is 9.70. The van der Waals surface area contributed by atoms with Crippen molar-refractivity contribution in [3.8, 4) is 5.75 Å². The lowest BCUT2D eigenvalue weighted by atomic mass is 9.49. The quantitative estimate of drug-likeness (QED) is 0.717. The molecule has 0 N–H and O–H groups in total. The van der Waals surface area contributed by atoms with Crippen molar-refractivity contribution in [2.75, 3.05) is 32.8 Å². The average Bonchev–Trinajstić information content (AvgIpc) is 2.73. The van der Waals surface area contributed by atoms with Crippen LogP contribution in [-0.2, 0) is 14.8 Å². The molecule has 4 bridgehead atoms. The SMILES string of the molecule is CCOc1ccc(S(=O)(=O)N2CCN(C(=O)C34CC5CC(CC(C5)C3)C4)CC2)cc1. The van der Waals surface area contributed by atoms with E-state index in [1.54, 1.807) is 24.3 Å². The topological polar surface area (TPSA) is 66.9 Å². The second kappa shape index (κ2) is 7.52. The number of rotatable bonds is 5. The van der Waals surface area contributed by atoms with Gasteiger partial charge in [0, 0.05) is 26.2 Å². The van der Waals surface area contributed by atoms with Gasteiger partial charge in [-0.3, -0.25) is 4.79 Å². The van der Waals surface area contributed by atoms with Crippen LogP contribution in [0.15, 0.2) is 29.2 Å². The Balaban J connectivity index is 1.24. The van der Waals surface area contributed by atoms with Crippen LogP contribution >= 0.6 is 0 Å². The van der Waals surface area contributed by atoms with Crippen LogP contribution in [0.4, 0.5) is 0 Å². The van der Waals surface area contributed by atoms with E-state index in [4.69, 9.17) is 4.74 Å². The van der Waals surface area contributed by atoms with Crippen molar-refractivity contribution < 1.29 is 17.9 Å². The molecule has 0 atom stereocenters. The third kappa shape index (κ3) is 3.44. The Bertz CT molecular complexity index is 868. The Morgan fingerprint density at radius 2 is 1.50 bits per heavy atom. The monoisotopic (exact) mass is 432 g/mol. The molecule has 164 valence electrons. The average molecular weight is 433 g/mol. The molecule has 5 aliphatic rings. The van der Waals surface area contributed by atoms with E-state index in [-0.39, 0.29) is 10.3 Å². The fourth-order valence-corrected chi connectivity index (χ4v) is 8.29. The zero-order valence-electron chi connectivity index (χ0n) is 17.8. The van der Waals surface area contributed by atoms with Crippen LogP contribution in [0.2, 0.25) is 0 Å². The number of piperazine rings is 1. The Morgan fingerprint density at radius 1 is 0.967 bits per heavy atom. The minimum absolute atomic E-state index is 0.148. The van der Waals surface area contributed by atoms with Gasteiger partial charge in [0.1, 0.15) is 5.75 Å². The Kier molecular flexibility index (Phi) is 5.09. The predicted molar refractivity (Wildman–Crippen MR) is 114 cm³/mol. The van der Waals surface area contributed by atoms with Crippen LogP contribution in [-0.4, -0.2) is 56.3 Å². The van der Waals surface area contributed by atoms with Crippen molar-refractivity contribution in [1.82, 2.24) is 9.21 Å². The molecule has 0 aromatic heterocycles. The number of hydrogen-bond acceptors (Lipinski definition) is 4. The van der Waals surface area contributed by atoms with Gasteiger partial charge in [0.15, 0.2) is 0 Å². The summed E-state index contributed by atoms with van der Waals surface area (Å²) in [6.45, 7) is 4.18. The molecule has 1 heterocycles. The molecular weight excluding hydrogens is 400 g/mol. The van der Waals surface area contributed by atoms with Gasteiger partial charge in [0.05, 0.1) is 16.9 Å². The fourth-order valence-electron chi connectivity index (χ4n) is 6.86. The maximum Gasteiger partial charge on any atom is 0.243 e. The van der Waals surface area contributed by atoms with Gasteiger partial charge in [-0.05, 0) is 87.5 Å². The van der Waals surface area contributed by atoms with Gasteiger partial charge in [0.2, 0.25) is 15.9 Å². The van der Waals surface area contributed by atoms with Crippen LogP contribution < -0.4 is 4.74 Å². The summed E-state index contributed by atoms with van der Waals surface area (Å²) in [5, 5.41) is 0. The molecule has 5 fully saturated rings.